The fourth-order valence-electron chi connectivity index (χ4n) is 2.34. The highest BCUT2D eigenvalue weighted by atomic mass is 35.5. The Labute approximate surface area is 113 Å². The molecule has 1 aromatic heterocycles. The first-order valence-corrected chi connectivity index (χ1v) is 6.93. The van der Waals surface area contributed by atoms with E-state index in [0.29, 0.717) is 11.3 Å². The van der Waals surface area contributed by atoms with Gasteiger partial charge < -0.3 is 0 Å². The van der Waals surface area contributed by atoms with Crippen molar-refractivity contribution in [3.8, 4) is 0 Å². The Kier molecular flexibility index (Phi) is 4.66. The lowest BCUT2D eigenvalue weighted by molar-refractivity contribution is 0.176. The average molecular weight is 273 g/mol. The molecule has 0 bridgehead atoms. The first-order valence-electron chi connectivity index (χ1n) is 6.11. The summed E-state index contributed by atoms with van der Waals surface area (Å²) < 4.78 is 0. The highest BCUT2D eigenvalue weighted by Gasteiger charge is 2.22. The van der Waals surface area contributed by atoms with Crippen LogP contribution in [0.25, 0.3) is 0 Å². The average Bonchev–Trinajstić information content (AvgIpc) is 2.33. The lowest BCUT2D eigenvalue weighted by Crippen LogP contribution is -2.35. The molecule has 94 valence electrons. The fourth-order valence-corrected chi connectivity index (χ4v) is 2.77. The molecule has 4 heteroatoms. The summed E-state index contributed by atoms with van der Waals surface area (Å²) in [6, 6.07) is 2.00. The number of pyridine rings is 1. The van der Waals surface area contributed by atoms with Gasteiger partial charge in [0.1, 0.15) is 0 Å². The quantitative estimate of drug-likeness (QED) is 0.783. The first-order chi connectivity index (χ1) is 8.16. The van der Waals surface area contributed by atoms with Gasteiger partial charge in [-0.15, -0.1) is 11.6 Å². The SMILES string of the molecule is CC(Cl)C1CCN(Cc2ccncc2Cl)CC1. The third-order valence-electron chi connectivity index (χ3n) is 3.53. The third kappa shape index (κ3) is 3.57. The predicted octanol–water partition coefficient (Wildman–Crippen LogP) is 3.57. The molecule has 2 nitrogen and oxygen atoms in total. The van der Waals surface area contributed by atoms with Crippen molar-refractivity contribution in [2.24, 2.45) is 5.92 Å². The van der Waals surface area contributed by atoms with E-state index in [-0.39, 0.29) is 0 Å². The van der Waals surface area contributed by atoms with Crippen molar-refractivity contribution < 1.29 is 0 Å². The minimum Gasteiger partial charge on any atom is -0.299 e. The van der Waals surface area contributed by atoms with Crippen LogP contribution >= 0.6 is 23.2 Å². The van der Waals surface area contributed by atoms with Crippen LogP contribution in [0.3, 0.4) is 0 Å². The van der Waals surface area contributed by atoms with Crippen LogP contribution in [-0.4, -0.2) is 28.4 Å². The van der Waals surface area contributed by atoms with Crippen molar-refractivity contribution in [3.05, 3.63) is 29.0 Å². The third-order valence-corrected chi connectivity index (χ3v) is 4.23. The molecule has 0 N–H and O–H groups in total. The molecule has 17 heavy (non-hydrogen) atoms. The van der Waals surface area contributed by atoms with Crippen LogP contribution in [0, 0.1) is 5.92 Å². The molecule has 1 atom stereocenters. The van der Waals surface area contributed by atoms with Gasteiger partial charge in [0, 0.05) is 24.3 Å². The van der Waals surface area contributed by atoms with E-state index in [1.165, 1.54) is 18.4 Å². The van der Waals surface area contributed by atoms with E-state index in [0.717, 1.165) is 24.7 Å². The van der Waals surface area contributed by atoms with Crippen LogP contribution < -0.4 is 0 Å². The highest BCUT2D eigenvalue weighted by Crippen LogP contribution is 2.25. The van der Waals surface area contributed by atoms with Crippen molar-refractivity contribution in [2.75, 3.05) is 13.1 Å². The van der Waals surface area contributed by atoms with E-state index in [1.54, 1.807) is 12.4 Å². The molecule has 0 saturated carbocycles. The molecule has 0 aromatic carbocycles. The van der Waals surface area contributed by atoms with Gasteiger partial charge in [0.15, 0.2) is 0 Å². The number of hydrogen-bond acceptors (Lipinski definition) is 2. The molecule has 1 aliphatic heterocycles. The molecule has 0 amide bonds. The summed E-state index contributed by atoms with van der Waals surface area (Å²) in [6.45, 7) is 5.24. The topological polar surface area (TPSA) is 16.1 Å². The Bertz CT molecular complexity index is 360. The van der Waals surface area contributed by atoms with Crippen molar-refractivity contribution in [1.82, 2.24) is 9.88 Å². The lowest BCUT2D eigenvalue weighted by atomic mass is 9.94. The van der Waals surface area contributed by atoms with Crippen LogP contribution in [0.1, 0.15) is 25.3 Å². The van der Waals surface area contributed by atoms with Crippen LogP contribution in [0.5, 0.6) is 0 Å². The zero-order valence-electron chi connectivity index (χ0n) is 10.1. The highest BCUT2D eigenvalue weighted by molar-refractivity contribution is 6.31. The Morgan fingerprint density at radius 2 is 2.18 bits per heavy atom. The summed E-state index contributed by atoms with van der Waals surface area (Å²) in [4.78, 5) is 6.45. The minimum absolute atomic E-state index is 0.293. The van der Waals surface area contributed by atoms with Crippen molar-refractivity contribution in [1.29, 1.82) is 0 Å². The van der Waals surface area contributed by atoms with Crippen molar-refractivity contribution in [3.63, 3.8) is 0 Å². The van der Waals surface area contributed by atoms with Crippen molar-refractivity contribution >= 4 is 23.2 Å². The monoisotopic (exact) mass is 272 g/mol. The molecule has 1 saturated heterocycles. The standard InChI is InChI=1S/C13H18Cl2N2/c1-10(14)11-3-6-17(7-4-11)9-12-2-5-16-8-13(12)15/h2,5,8,10-11H,3-4,6-7,9H2,1H3. The molecular weight excluding hydrogens is 255 g/mol. The molecule has 2 rings (SSSR count). The second kappa shape index (κ2) is 6.03. The summed E-state index contributed by atoms with van der Waals surface area (Å²) in [5.74, 6) is 0.667. The van der Waals surface area contributed by atoms with Crippen LogP contribution in [0.2, 0.25) is 5.02 Å². The Hall–Kier alpha value is -0.310. The number of hydrogen-bond donors (Lipinski definition) is 0. The van der Waals surface area contributed by atoms with Gasteiger partial charge in [-0.25, -0.2) is 0 Å². The van der Waals surface area contributed by atoms with Gasteiger partial charge in [0.25, 0.3) is 0 Å². The minimum atomic E-state index is 0.293. The number of alkyl halides is 1. The largest absolute Gasteiger partial charge is 0.299 e. The number of aromatic nitrogens is 1. The second-order valence-electron chi connectivity index (χ2n) is 4.76. The molecule has 0 radical (unpaired) electrons. The summed E-state index contributed by atoms with van der Waals surface area (Å²) in [7, 11) is 0. The lowest BCUT2D eigenvalue weighted by Gasteiger charge is -2.33. The second-order valence-corrected chi connectivity index (χ2v) is 5.85. The summed E-state index contributed by atoms with van der Waals surface area (Å²) >= 11 is 12.3. The fraction of sp³-hybridized carbons (Fsp3) is 0.615. The van der Waals surface area contributed by atoms with E-state index < -0.39 is 0 Å². The number of nitrogens with zero attached hydrogens (tertiary/aromatic N) is 2. The summed E-state index contributed by atoms with van der Waals surface area (Å²) in [5.41, 5.74) is 1.17. The van der Waals surface area contributed by atoms with Gasteiger partial charge in [-0.2, -0.15) is 0 Å². The maximum Gasteiger partial charge on any atom is 0.0634 e. The van der Waals surface area contributed by atoms with Gasteiger partial charge in [-0.3, -0.25) is 9.88 Å². The van der Waals surface area contributed by atoms with Gasteiger partial charge in [0.05, 0.1) is 5.02 Å². The van der Waals surface area contributed by atoms with Gasteiger partial charge in [-0.05, 0) is 50.4 Å². The molecule has 0 spiro atoms. The summed E-state index contributed by atoms with van der Waals surface area (Å²) in [5, 5.41) is 1.06. The van der Waals surface area contributed by atoms with Crippen molar-refractivity contribution in [2.45, 2.75) is 31.7 Å². The van der Waals surface area contributed by atoms with E-state index in [9.17, 15) is 0 Å². The molecule has 1 aromatic rings. The van der Waals surface area contributed by atoms with E-state index >= 15 is 0 Å². The number of rotatable bonds is 3. The molecule has 1 unspecified atom stereocenters. The smallest absolute Gasteiger partial charge is 0.0634 e. The molecule has 1 aliphatic rings. The zero-order chi connectivity index (χ0) is 12.3. The van der Waals surface area contributed by atoms with E-state index in [1.807, 2.05) is 6.07 Å². The summed E-state index contributed by atoms with van der Waals surface area (Å²) in [6.07, 6.45) is 5.89. The van der Waals surface area contributed by atoms with Gasteiger partial charge in [-0.1, -0.05) is 11.6 Å². The maximum atomic E-state index is 6.14. The van der Waals surface area contributed by atoms with Crippen LogP contribution in [0.15, 0.2) is 18.5 Å². The van der Waals surface area contributed by atoms with Crippen LogP contribution in [0.4, 0.5) is 0 Å². The normalized spacial score (nSPS) is 20.4. The van der Waals surface area contributed by atoms with Gasteiger partial charge >= 0.3 is 0 Å². The predicted molar refractivity (Wildman–Crippen MR) is 72.6 cm³/mol. The Morgan fingerprint density at radius 3 is 2.76 bits per heavy atom. The number of likely N-dealkylation sites (tertiary alicyclic amines) is 1. The Morgan fingerprint density at radius 1 is 1.47 bits per heavy atom. The van der Waals surface area contributed by atoms with Gasteiger partial charge in [0.2, 0.25) is 0 Å². The molecule has 2 heterocycles. The maximum absolute atomic E-state index is 6.14. The first kappa shape index (κ1) is 13.1. The van der Waals surface area contributed by atoms with Crippen LogP contribution in [-0.2, 0) is 6.54 Å². The Balaban J connectivity index is 1.88. The molecule has 0 aliphatic carbocycles. The molecular formula is C13H18Cl2N2. The van der Waals surface area contributed by atoms with E-state index in [2.05, 4.69) is 16.8 Å². The number of halogens is 2. The molecule has 1 fully saturated rings. The van der Waals surface area contributed by atoms with E-state index in [4.69, 9.17) is 23.2 Å². The zero-order valence-corrected chi connectivity index (χ0v) is 11.6. The number of piperidine rings is 1.